The fraction of sp³-hybridized carbons (Fsp3) is 0.400. The molecule has 0 saturated carbocycles. The molecule has 4 rings (SSSR count). The van der Waals surface area contributed by atoms with E-state index in [1.165, 1.54) is 11.3 Å². The van der Waals surface area contributed by atoms with Crippen LogP contribution >= 0.6 is 22.9 Å². The second-order valence-electron chi connectivity index (χ2n) is 7.23. The number of carbonyl (C=O) groups excluding carboxylic acids is 3. The van der Waals surface area contributed by atoms with Gasteiger partial charge in [-0.15, -0.1) is 0 Å². The fourth-order valence-electron chi connectivity index (χ4n) is 3.49. The lowest BCUT2D eigenvalue weighted by Crippen LogP contribution is -2.41. The Hall–Kier alpha value is -2.69. The van der Waals surface area contributed by atoms with E-state index >= 15 is 0 Å². The zero-order valence-electron chi connectivity index (χ0n) is 16.9. The van der Waals surface area contributed by atoms with E-state index in [9.17, 15) is 14.4 Å². The number of hydrazine groups is 1. The molecule has 3 heterocycles. The number of hydrogen-bond donors (Lipinski definition) is 2. The van der Waals surface area contributed by atoms with Gasteiger partial charge in [0.05, 0.1) is 29.6 Å². The number of rotatable bonds is 4. The van der Waals surface area contributed by atoms with Crippen LogP contribution in [0.1, 0.15) is 38.6 Å². The fourth-order valence-corrected chi connectivity index (χ4v) is 4.72. The Morgan fingerprint density at radius 1 is 1.16 bits per heavy atom. The molecule has 2 aliphatic heterocycles. The van der Waals surface area contributed by atoms with Gasteiger partial charge in [0.1, 0.15) is 4.88 Å². The number of amides is 3. The number of aromatic nitrogens is 1. The number of ether oxygens (including phenoxy) is 1. The first kappa shape index (κ1) is 21.5. The molecule has 1 aromatic carbocycles. The molecular weight excluding hydrogens is 442 g/mol. The van der Waals surface area contributed by atoms with E-state index in [1.54, 1.807) is 30.0 Å². The summed E-state index contributed by atoms with van der Waals surface area (Å²) in [4.78, 5) is 45.7. The van der Waals surface area contributed by atoms with Crippen LogP contribution < -0.4 is 20.7 Å². The van der Waals surface area contributed by atoms with Gasteiger partial charge in [-0.1, -0.05) is 22.9 Å². The summed E-state index contributed by atoms with van der Waals surface area (Å²) in [5.41, 5.74) is 6.24. The third-order valence-corrected chi connectivity index (χ3v) is 6.67. The highest BCUT2D eigenvalue weighted by molar-refractivity contribution is 7.17. The standard InChI is InChI=1S/C20H22ClN5O4S/c1-12-17(31-20(22-12)25-7-9-30-10-8-25)19(29)24-23-18(28)13-4-5-14(21)15(11-13)26-6-2-3-16(26)27/h4-5,11H,2-3,6-10H2,1H3,(H,23,28)(H,24,29). The average molecular weight is 464 g/mol. The summed E-state index contributed by atoms with van der Waals surface area (Å²) in [5.74, 6) is -0.968. The van der Waals surface area contributed by atoms with Gasteiger partial charge in [-0.25, -0.2) is 4.98 Å². The van der Waals surface area contributed by atoms with Crippen LogP contribution in [-0.2, 0) is 9.53 Å². The van der Waals surface area contributed by atoms with Gasteiger partial charge < -0.3 is 14.5 Å². The molecule has 1 aromatic heterocycles. The average Bonchev–Trinajstić information content (AvgIpc) is 3.38. The topological polar surface area (TPSA) is 104 Å². The first-order valence-corrected chi connectivity index (χ1v) is 11.1. The van der Waals surface area contributed by atoms with Crippen molar-refractivity contribution in [2.45, 2.75) is 19.8 Å². The van der Waals surface area contributed by atoms with E-state index in [0.717, 1.165) is 24.6 Å². The van der Waals surface area contributed by atoms with Crippen molar-refractivity contribution in [2.24, 2.45) is 0 Å². The summed E-state index contributed by atoms with van der Waals surface area (Å²) >= 11 is 7.50. The van der Waals surface area contributed by atoms with Gasteiger partial charge in [0, 0.05) is 31.6 Å². The minimum atomic E-state index is -0.506. The van der Waals surface area contributed by atoms with Gasteiger partial charge in [-0.2, -0.15) is 0 Å². The van der Waals surface area contributed by atoms with Crippen molar-refractivity contribution in [1.29, 1.82) is 0 Å². The molecule has 2 fully saturated rings. The van der Waals surface area contributed by atoms with Gasteiger partial charge >= 0.3 is 0 Å². The minimum Gasteiger partial charge on any atom is -0.378 e. The maximum Gasteiger partial charge on any atom is 0.281 e. The van der Waals surface area contributed by atoms with Crippen LogP contribution in [0.3, 0.4) is 0 Å². The number of nitrogens with zero attached hydrogens (tertiary/aromatic N) is 3. The zero-order chi connectivity index (χ0) is 22.0. The number of halogens is 1. The lowest BCUT2D eigenvalue weighted by atomic mass is 10.2. The molecule has 2 saturated heterocycles. The third-order valence-electron chi connectivity index (χ3n) is 5.14. The number of thiazole rings is 1. The van der Waals surface area contributed by atoms with Crippen molar-refractivity contribution in [1.82, 2.24) is 15.8 Å². The summed E-state index contributed by atoms with van der Waals surface area (Å²) in [6.07, 6.45) is 1.21. The lowest BCUT2D eigenvalue weighted by molar-refractivity contribution is -0.117. The zero-order valence-corrected chi connectivity index (χ0v) is 18.5. The molecule has 3 amide bonds. The Labute approximate surface area is 188 Å². The van der Waals surface area contributed by atoms with Gasteiger partial charge in [0.25, 0.3) is 11.8 Å². The monoisotopic (exact) mass is 463 g/mol. The number of morpholine rings is 1. The van der Waals surface area contributed by atoms with E-state index in [0.29, 0.717) is 47.5 Å². The predicted molar refractivity (Wildman–Crippen MR) is 118 cm³/mol. The van der Waals surface area contributed by atoms with E-state index in [4.69, 9.17) is 16.3 Å². The predicted octanol–water partition coefficient (Wildman–Crippen LogP) is 2.14. The first-order valence-electron chi connectivity index (χ1n) is 9.95. The van der Waals surface area contributed by atoms with Gasteiger partial charge in [-0.05, 0) is 31.5 Å². The molecule has 2 aliphatic rings. The van der Waals surface area contributed by atoms with Crippen molar-refractivity contribution >= 4 is 51.5 Å². The minimum absolute atomic E-state index is 0.0236. The van der Waals surface area contributed by atoms with E-state index in [1.807, 2.05) is 0 Å². The first-order chi connectivity index (χ1) is 14.9. The highest BCUT2D eigenvalue weighted by atomic mass is 35.5. The van der Waals surface area contributed by atoms with Crippen LogP contribution in [0.4, 0.5) is 10.8 Å². The van der Waals surface area contributed by atoms with Crippen LogP contribution in [0.2, 0.25) is 5.02 Å². The SMILES string of the molecule is Cc1nc(N2CCOCC2)sc1C(=O)NNC(=O)c1ccc(Cl)c(N2CCCC2=O)c1. The largest absolute Gasteiger partial charge is 0.378 e. The molecule has 0 unspecified atom stereocenters. The molecule has 0 aliphatic carbocycles. The van der Waals surface area contributed by atoms with E-state index < -0.39 is 11.8 Å². The highest BCUT2D eigenvalue weighted by Gasteiger charge is 2.25. The number of hydrogen-bond acceptors (Lipinski definition) is 7. The maximum absolute atomic E-state index is 12.6. The summed E-state index contributed by atoms with van der Waals surface area (Å²) < 4.78 is 5.35. The number of anilines is 2. The molecule has 0 radical (unpaired) electrons. The van der Waals surface area contributed by atoms with Crippen LogP contribution in [-0.4, -0.2) is 55.6 Å². The van der Waals surface area contributed by atoms with Gasteiger partial charge in [0.2, 0.25) is 5.91 Å². The Balaban J connectivity index is 1.41. The van der Waals surface area contributed by atoms with E-state index in [-0.39, 0.29) is 11.5 Å². The second kappa shape index (κ2) is 9.21. The smallest absolute Gasteiger partial charge is 0.281 e. The molecule has 2 aromatic rings. The number of carbonyl (C=O) groups is 3. The van der Waals surface area contributed by atoms with Crippen LogP contribution in [0, 0.1) is 6.92 Å². The molecule has 0 spiro atoms. The molecule has 164 valence electrons. The van der Waals surface area contributed by atoms with Crippen molar-refractivity contribution in [2.75, 3.05) is 42.6 Å². The number of benzene rings is 1. The van der Waals surface area contributed by atoms with Crippen molar-refractivity contribution in [3.63, 3.8) is 0 Å². The Morgan fingerprint density at radius 3 is 2.61 bits per heavy atom. The second-order valence-corrected chi connectivity index (χ2v) is 8.62. The molecule has 11 heteroatoms. The molecular formula is C20H22ClN5O4S. The van der Waals surface area contributed by atoms with Gasteiger partial charge in [0.15, 0.2) is 5.13 Å². The summed E-state index contributed by atoms with van der Waals surface area (Å²) in [5, 5.41) is 1.15. The summed E-state index contributed by atoms with van der Waals surface area (Å²) in [6.45, 7) is 5.03. The van der Waals surface area contributed by atoms with Crippen LogP contribution in [0.15, 0.2) is 18.2 Å². The third kappa shape index (κ3) is 4.65. The highest BCUT2D eigenvalue weighted by Crippen LogP contribution is 2.30. The molecule has 9 nitrogen and oxygen atoms in total. The Morgan fingerprint density at radius 2 is 1.90 bits per heavy atom. The van der Waals surface area contributed by atoms with Crippen molar-refractivity contribution < 1.29 is 19.1 Å². The lowest BCUT2D eigenvalue weighted by Gasteiger charge is -2.25. The van der Waals surface area contributed by atoms with Crippen LogP contribution in [0.25, 0.3) is 0 Å². The van der Waals surface area contributed by atoms with Gasteiger partial charge in [-0.3, -0.25) is 25.2 Å². The number of aryl methyl sites for hydroxylation is 1. The maximum atomic E-state index is 12.6. The van der Waals surface area contributed by atoms with Crippen molar-refractivity contribution in [3.8, 4) is 0 Å². The Bertz CT molecular complexity index is 1020. The van der Waals surface area contributed by atoms with Crippen LogP contribution in [0.5, 0.6) is 0 Å². The quantitative estimate of drug-likeness (QED) is 0.673. The Kier molecular flexibility index (Phi) is 6.40. The molecule has 0 bridgehead atoms. The van der Waals surface area contributed by atoms with Crippen molar-refractivity contribution in [3.05, 3.63) is 39.4 Å². The normalized spacial score (nSPS) is 16.5. The number of nitrogens with one attached hydrogen (secondary N) is 2. The molecule has 31 heavy (non-hydrogen) atoms. The van der Waals surface area contributed by atoms with E-state index in [2.05, 4.69) is 20.7 Å². The summed E-state index contributed by atoms with van der Waals surface area (Å²) in [6, 6.07) is 4.67. The molecule has 0 atom stereocenters. The summed E-state index contributed by atoms with van der Waals surface area (Å²) in [7, 11) is 0. The molecule has 2 N–H and O–H groups in total.